The van der Waals surface area contributed by atoms with Crippen molar-refractivity contribution in [1.29, 1.82) is 0 Å². The van der Waals surface area contributed by atoms with E-state index in [0.717, 1.165) is 32.0 Å². The zero-order valence-electron chi connectivity index (χ0n) is 12.9. The number of pyridine rings is 1. The normalized spacial score (nSPS) is 15.0. The second-order valence-electron chi connectivity index (χ2n) is 4.74. The van der Waals surface area contributed by atoms with Crippen LogP contribution in [0.15, 0.2) is 18.3 Å². The lowest BCUT2D eigenvalue weighted by Crippen LogP contribution is -2.37. The SMILES string of the molecule is COC(CNC(=O)Nc1ccc(N2CCOCC2)cn1)OC. The molecule has 1 aliphatic rings. The maximum absolute atomic E-state index is 11.7. The van der Waals surface area contributed by atoms with Crippen molar-refractivity contribution in [3.8, 4) is 0 Å². The summed E-state index contributed by atoms with van der Waals surface area (Å²) in [6, 6.07) is 3.35. The van der Waals surface area contributed by atoms with Crippen molar-refractivity contribution < 1.29 is 19.0 Å². The first kappa shape index (κ1) is 16.5. The van der Waals surface area contributed by atoms with Gasteiger partial charge in [0, 0.05) is 27.3 Å². The molecule has 2 N–H and O–H groups in total. The molecule has 2 rings (SSSR count). The molecule has 0 unspecified atom stereocenters. The number of urea groups is 1. The minimum absolute atomic E-state index is 0.255. The largest absolute Gasteiger partial charge is 0.378 e. The van der Waals surface area contributed by atoms with Gasteiger partial charge in [0.25, 0.3) is 0 Å². The molecule has 1 aromatic heterocycles. The molecule has 0 aromatic carbocycles. The Morgan fingerprint density at radius 2 is 2.09 bits per heavy atom. The lowest BCUT2D eigenvalue weighted by Gasteiger charge is -2.28. The van der Waals surface area contributed by atoms with Crippen molar-refractivity contribution in [1.82, 2.24) is 10.3 Å². The Balaban J connectivity index is 1.81. The van der Waals surface area contributed by atoms with Crippen LogP contribution in [0.3, 0.4) is 0 Å². The van der Waals surface area contributed by atoms with Crippen LogP contribution < -0.4 is 15.5 Å². The maximum Gasteiger partial charge on any atom is 0.320 e. The summed E-state index contributed by atoms with van der Waals surface area (Å²) in [6.45, 7) is 3.41. The van der Waals surface area contributed by atoms with Crippen molar-refractivity contribution in [3.63, 3.8) is 0 Å². The van der Waals surface area contributed by atoms with Crippen LogP contribution in [0.4, 0.5) is 16.3 Å². The second kappa shape index (κ2) is 8.52. The first-order valence-corrected chi connectivity index (χ1v) is 7.12. The number of anilines is 2. The predicted molar refractivity (Wildman–Crippen MR) is 82.1 cm³/mol. The second-order valence-corrected chi connectivity index (χ2v) is 4.74. The summed E-state index contributed by atoms with van der Waals surface area (Å²) in [7, 11) is 3.03. The van der Waals surface area contributed by atoms with Gasteiger partial charge in [0.1, 0.15) is 5.82 Å². The molecule has 2 heterocycles. The van der Waals surface area contributed by atoms with Gasteiger partial charge in [-0.05, 0) is 12.1 Å². The lowest BCUT2D eigenvalue weighted by atomic mass is 10.3. The molecule has 1 aliphatic heterocycles. The molecule has 8 heteroatoms. The zero-order valence-corrected chi connectivity index (χ0v) is 12.9. The molecule has 0 atom stereocenters. The maximum atomic E-state index is 11.7. The van der Waals surface area contributed by atoms with Gasteiger partial charge < -0.3 is 24.4 Å². The molecular formula is C14H22N4O4. The number of morpholine rings is 1. The number of methoxy groups -OCH3 is 2. The minimum Gasteiger partial charge on any atom is -0.378 e. The van der Waals surface area contributed by atoms with E-state index in [1.54, 1.807) is 12.3 Å². The molecule has 0 saturated carbocycles. The first-order valence-electron chi connectivity index (χ1n) is 7.12. The highest BCUT2D eigenvalue weighted by atomic mass is 16.7. The molecule has 1 fully saturated rings. The Hall–Kier alpha value is -1.90. The van der Waals surface area contributed by atoms with Crippen LogP contribution in [0.25, 0.3) is 0 Å². The van der Waals surface area contributed by atoms with E-state index in [1.807, 2.05) is 6.07 Å². The standard InChI is InChI=1S/C14H22N4O4/c1-20-13(21-2)10-16-14(19)17-12-4-3-11(9-15-12)18-5-7-22-8-6-18/h3-4,9,13H,5-8,10H2,1-2H3,(H2,15,16,17,19). The first-order chi connectivity index (χ1) is 10.7. The topological polar surface area (TPSA) is 85.0 Å². The van der Waals surface area contributed by atoms with E-state index in [-0.39, 0.29) is 12.6 Å². The van der Waals surface area contributed by atoms with Gasteiger partial charge in [-0.1, -0.05) is 0 Å². The van der Waals surface area contributed by atoms with Crippen LogP contribution >= 0.6 is 0 Å². The number of amides is 2. The number of hydrogen-bond acceptors (Lipinski definition) is 6. The van der Waals surface area contributed by atoms with E-state index in [0.29, 0.717) is 5.82 Å². The van der Waals surface area contributed by atoms with Gasteiger partial charge in [-0.15, -0.1) is 0 Å². The van der Waals surface area contributed by atoms with Crippen LogP contribution in [0.2, 0.25) is 0 Å². The number of carbonyl (C=O) groups is 1. The monoisotopic (exact) mass is 310 g/mol. The molecular weight excluding hydrogens is 288 g/mol. The molecule has 0 spiro atoms. The van der Waals surface area contributed by atoms with Crippen molar-refractivity contribution in [2.45, 2.75) is 6.29 Å². The third-order valence-electron chi connectivity index (χ3n) is 3.32. The smallest absolute Gasteiger partial charge is 0.320 e. The molecule has 2 amide bonds. The number of carbonyl (C=O) groups excluding carboxylic acids is 1. The Labute approximate surface area is 129 Å². The lowest BCUT2D eigenvalue weighted by molar-refractivity contribution is -0.0970. The van der Waals surface area contributed by atoms with Gasteiger partial charge in [-0.2, -0.15) is 0 Å². The van der Waals surface area contributed by atoms with Gasteiger partial charge >= 0.3 is 6.03 Å². The summed E-state index contributed by atoms with van der Waals surface area (Å²) in [6.07, 6.45) is 1.27. The average molecular weight is 310 g/mol. The summed E-state index contributed by atoms with van der Waals surface area (Å²) >= 11 is 0. The van der Waals surface area contributed by atoms with Gasteiger partial charge in [-0.25, -0.2) is 9.78 Å². The van der Waals surface area contributed by atoms with E-state index in [4.69, 9.17) is 14.2 Å². The highest BCUT2D eigenvalue weighted by molar-refractivity contribution is 5.88. The number of ether oxygens (including phenoxy) is 3. The van der Waals surface area contributed by atoms with Gasteiger partial charge in [-0.3, -0.25) is 5.32 Å². The van der Waals surface area contributed by atoms with Crippen molar-refractivity contribution >= 4 is 17.5 Å². The highest BCUT2D eigenvalue weighted by Crippen LogP contribution is 2.16. The van der Waals surface area contributed by atoms with Crippen LogP contribution in [0.1, 0.15) is 0 Å². The number of aromatic nitrogens is 1. The van der Waals surface area contributed by atoms with E-state index >= 15 is 0 Å². The van der Waals surface area contributed by atoms with Crippen molar-refractivity contribution in [2.24, 2.45) is 0 Å². The Bertz CT molecular complexity index is 458. The molecule has 1 saturated heterocycles. The Morgan fingerprint density at radius 1 is 1.36 bits per heavy atom. The van der Waals surface area contributed by atoms with E-state index < -0.39 is 6.29 Å². The van der Waals surface area contributed by atoms with Crippen molar-refractivity contribution in [2.75, 3.05) is 57.3 Å². The van der Waals surface area contributed by atoms with Crippen LogP contribution in [0.5, 0.6) is 0 Å². The fourth-order valence-corrected chi connectivity index (χ4v) is 2.07. The van der Waals surface area contributed by atoms with E-state index in [1.165, 1.54) is 14.2 Å². The van der Waals surface area contributed by atoms with E-state index in [2.05, 4.69) is 20.5 Å². The fraction of sp³-hybridized carbons (Fsp3) is 0.571. The molecule has 22 heavy (non-hydrogen) atoms. The van der Waals surface area contributed by atoms with Crippen molar-refractivity contribution in [3.05, 3.63) is 18.3 Å². The van der Waals surface area contributed by atoms with Gasteiger partial charge in [0.05, 0.1) is 31.6 Å². The quantitative estimate of drug-likeness (QED) is 0.751. The zero-order chi connectivity index (χ0) is 15.8. The van der Waals surface area contributed by atoms with Crippen LogP contribution in [-0.2, 0) is 14.2 Å². The number of rotatable bonds is 6. The minimum atomic E-state index is -0.470. The van der Waals surface area contributed by atoms with E-state index in [9.17, 15) is 4.79 Å². The van der Waals surface area contributed by atoms with Gasteiger partial charge in [0.15, 0.2) is 6.29 Å². The fourth-order valence-electron chi connectivity index (χ4n) is 2.07. The average Bonchev–Trinajstić information content (AvgIpc) is 2.57. The molecule has 0 aliphatic carbocycles. The summed E-state index contributed by atoms with van der Waals surface area (Å²) in [5, 5.41) is 5.30. The van der Waals surface area contributed by atoms with Crippen LogP contribution in [0, 0.1) is 0 Å². The molecule has 0 radical (unpaired) electrons. The number of hydrogen-bond donors (Lipinski definition) is 2. The molecule has 0 bridgehead atoms. The molecule has 1 aromatic rings. The van der Waals surface area contributed by atoms with Crippen LogP contribution in [-0.4, -0.2) is 64.4 Å². The predicted octanol–water partition coefficient (Wildman–Crippen LogP) is 0.659. The van der Waals surface area contributed by atoms with Gasteiger partial charge in [0.2, 0.25) is 0 Å². The Morgan fingerprint density at radius 3 is 2.68 bits per heavy atom. The molecule has 122 valence electrons. The summed E-state index contributed by atoms with van der Waals surface area (Å²) in [5.41, 5.74) is 1.02. The number of nitrogens with one attached hydrogen (secondary N) is 2. The third kappa shape index (κ3) is 4.83. The third-order valence-corrected chi connectivity index (χ3v) is 3.32. The Kier molecular flexibility index (Phi) is 6.38. The number of nitrogens with zero attached hydrogens (tertiary/aromatic N) is 2. The summed E-state index contributed by atoms with van der Waals surface area (Å²) < 4.78 is 15.3. The molecule has 8 nitrogen and oxygen atoms in total. The highest BCUT2D eigenvalue weighted by Gasteiger charge is 2.12. The summed E-state index contributed by atoms with van der Waals surface area (Å²) in [5.74, 6) is 0.487. The summed E-state index contributed by atoms with van der Waals surface area (Å²) in [4.78, 5) is 18.2.